The first-order chi connectivity index (χ1) is 11.1. The topological polar surface area (TPSA) is 50.7 Å². The van der Waals surface area contributed by atoms with Crippen LogP contribution in [0, 0.1) is 0 Å². The van der Waals surface area contributed by atoms with Gasteiger partial charge in [-0.2, -0.15) is 0 Å². The monoisotopic (exact) mass is 313 g/mol. The molecule has 1 fully saturated rings. The molecule has 0 unspecified atom stereocenters. The van der Waals surface area contributed by atoms with Gasteiger partial charge in [0.15, 0.2) is 0 Å². The first-order valence-corrected chi connectivity index (χ1v) is 7.97. The van der Waals surface area contributed by atoms with Gasteiger partial charge in [-0.05, 0) is 43.7 Å². The van der Waals surface area contributed by atoms with Crippen molar-refractivity contribution in [2.24, 2.45) is 0 Å². The zero-order chi connectivity index (χ0) is 16.3. The molecule has 3 rings (SSSR count). The Morgan fingerprint density at radius 3 is 2.48 bits per heavy atom. The van der Waals surface area contributed by atoms with E-state index in [2.05, 4.69) is 5.32 Å². The summed E-state index contributed by atoms with van der Waals surface area (Å²) < 4.78 is 11.5. The zero-order valence-electron chi connectivity index (χ0n) is 13.5. The molecular formula is C19H23NO3. The molecule has 3 atom stereocenters. The second-order valence-electron chi connectivity index (χ2n) is 6.10. The van der Waals surface area contributed by atoms with E-state index >= 15 is 0 Å². The Bertz CT molecular complexity index is 629. The SMILES string of the molecule is C[C@@H]1CO[C@@](O)(c2ccc(OCc3ccccc3)cc2)[C@H](C)N1. The van der Waals surface area contributed by atoms with E-state index in [1.165, 1.54) is 0 Å². The van der Waals surface area contributed by atoms with E-state index in [-0.39, 0.29) is 12.1 Å². The molecule has 1 aliphatic rings. The van der Waals surface area contributed by atoms with Crippen LogP contribution < -0.4 is 10.1 Å². The normalized spacial score (nSPS) is 27.6. The van der Waals surface area contributed by atoms with Gasteiger partial charge in [0.05, 0.1) is 12.6 Å². The van der Waals surface area contributed by atoms with Crippen molar-refractivity contribution in [2.45, 2.75) is 38.3 Å². The molecule has 2 aromatic rings. The Morgan fingerprint density at radius 1 is 1.13 bits per heavy atom. The molecule has 0 aliphatic carbocycles. The molecule has 2 aromatic carbocycles. The highest BCUT2D eigenvalue weighted by Gasteiger charge is 2.41. The van der Waals surface area contributed by atoms with Crippen LogP contribution in [0.1, 0.15) is 25.0 Å². The molecule has 0 saturated carbocycles. The first-order valence-electron chi connectivity index (χ1n) is 7.97. The van der Waals surface area contributed by atoms with Crippen molar-refractivity contribution in [1.82, 2.24) is 5.32 Å². The molecule has 1 heterocycles. The molecule has 23 heavy (non-hydrogen) atoms. The molecule has 122 valence electrons. The average molecular weight is 313 g/mol. The molecular weight excluding hydrogens is 290 g/mol. The molecule has 4 nitrogen and oxygen atoms in total. The van der Waals surface area contributed by atoms with E-state index in [0.29, 0.717) is 13.2 Å². The summed E-state index contributed by atoms with van der Waals surface area (Å²) in [4.78, 5) is 0. The minimum absolute atomic E-state index is 0.178. The average Bonchev–Trinajstić information content (AvgIpc) is 2.58. The van der Waals surface area contributed by atoms with Gasteiger partial charge in [0.25, 0.3) is 0 Å². The molecule has 0 spiro atoms. The van der Waals surface area contributed by atoms with E-state index in [0.717, 1.165) is 16.9 Å². The standard InChI is InChI=1S/C19H23NO3/c1-14-12-23-19(21,15(2)20-14)17-8-10-18(11-9-17)22-13-16-6-4-3-5-7-16/h3-11,14-15,20-21H,12-13H2,1-2H3/t14-,15+,19-/m1/s1. The lowest BCUT2D eigenvalue weighted by Gasteiger charge is -2.41. The summed E-state index contributed by atoms with van der Waals surface area (Å²) in [6, 6.07) is 17.5. The van der Waals surface area contributed by atoms with Crippen molar-refractivity contribution in [3.63, 3.8) is 0 Å². The van der Waals surface area contributed by atoms with Gasteiger partial charge in [0.2, 0.25) is 5.79 Å². The lowest BCUT2D eigenvalue weighted by molar-refractivity contribution is -0.252. The molecule has 4 heteroatoms. The van der Waals surface area contributed by atoms with Gasteiger partial charge >= 0.3 is 0 Å². The minimum Gasteiger partial charge on any atom is -0.489 e. The van der Waals surface area contributed by atoms with Crippen LogP contribution in [0.3, 0.4) is 0 Å². The third kappa shape index (κ3) is 3.55. The lowest BCUT2D eigenvalue weighted by Crippen LogP contribution is -2.57. The summed E-state index contributed by atoms with van der Waals surface area (Å²) in [5.41, 5.74) is 1.86. The van der Waals surface area contributed by atoms with Gasteiger partial charge in [-0.15, -0.1) is 0 Å². The van der Waals surface area contributed by atoms with Gasteiger partial charge in [-0.3, -0.25) is 0 Å². The van der Waals surface area contributed by atoms with Gasteiger partial charge in [-0.25, -0.2) is 0 Å². The smallest absolute Gasteiger partial charge is 0.208 e. The Labute approximate surface area is 137 Å². The number of ether oxygens (including phenoxy) is 2. The second kappa shape index (κ2) is 6.71. The van der Waals surface area contributed by atoms with Crippen LogP contribution in [0.25, 0.3) is 0 Å². The van der Waals surface area contributed by atoms with Crippen LogP contribution in [-0.4, -0.2) is 23.8 Å². The van der Waals surface area contributed by atoms with Crippen molar-refractivity contribution < 1.29 is 14.6 Å². The van der Waals surface area contributed by atoms with Crippen LogP contribution in [0.15, 0.2) is 54.6 Å². The number of aliphatic hydroxyl groups is 1. The number of hydrogen-bond acceptors (Lipinski definition) is 4. The molecule has 0 radical (unpaired) electrons. The van der Waals surface area contributed by atoms with Crippen LogP contribution in [0.5, 0.6) is 5.75 Å². The van der Waals surface area contributed by atoms with Crippen LogP contribution in [0.4, 0.5) is 0 Å². The minimum atomic E-state index is -1.30. The highest BCUT2D eigenvalue weighted by atomic mass is 16.6. The maximum Gasteiger partial charge on any atom is 0.208 e. The number of hydrogen-bond donors (Lipinski definition) is 2. The second-order valence-corrected chi connectivity index (χ2v) is 6.10. The number of morpholine rings is 1. The Balaban J connectivity index is 1.67. The van der Waals surface area contributed by atoms with E-state index in [1.54, 1.807) is 0 Å². The molecule has 0 aromatic heterocycles. The van der Waals surface area contributed by atoms with E-state index in [1.807, 2.05) is 68.4 Å². The van der Waals surface area contributed by atoms with Crippen molar-refractivity contribution in [3.05, 3.63) is 65.7 Å². The predicted molar refractivity (Wildman–Crippen MR) is 89.1 cm³/mol. The van der Waals surface area contributed by atoms with E-state index in [4.69, 9.17) is 9.47 Å². The fourth-order valence-electron chi connectivity index (χ4n) is 2.83. The number of nitrogens with one attached hydrogen (secondary N) is 1. The lowest BCUT2D eigenvalue weighted by atomic mass is 9.96. The summed E-state index contributed by atoms with van der Waals surface area (Å²) >= 11 is 0. The fourth-order valence-corrected chi connectivity index (χ4v) is 2.83. The van der Waals surface area contributed by atoms with Gasteiger partial charge in [0.1, 0.15) is 12.4 Å². The zero-order valence-corrected chi connectivity index (χ0v) is 13.5. The quantitative estimate of drug-likeness (QED) is 0.911. The van der Waals surface area contributed by atoms with Gasteiger partial charge in [0, 0.05) is 11.6 Å². The summed E-state index contributed by atoms with van der Waals surface area (Å²) in [5, 5.41) is 14.1. The van der Waals surface area contributed by atoms with Crippen molar-refractivity contribution in [1.29, 1.82) is 0 Å². The first kappa shape index (κ1) is 16.0. The van der Waals surface area contributed by atoms with Crippen LogP contribution in [-0.2, 0) is 17.1 Å². The maximum atomic E-state index is 10.8. The molecule has 1 aliphatic heterocycles. The van der Waals surface area contributed by atoms with E-state index < -0.39 is 5.79 Å². The predicted octanol–water partition coefficient (Wildman–Crippen LogP) is 2.81. The number of benzene rings is 2. The molecule has 1 saturated heterocycles. The largest absolute Gasteiger partial charge is 0.489 e. The Kier molecular flexibility index (Phi) is 4.66. The summed E-state index contributed by atoms with van der Waals surface area (Å²) in [6.07, 6.45) is 0. The maximum absolute atomic E-state index is 10.8. The highest BCUT2D eigenvalue weighted by molar-refractivity contribution is 5.31. The van der Waals surface area contributed by atoms with Crippen LogP contribution in [0.2, 0.25) is 0 Å². The van der Waals surface area contributed by atoms with Crippen LogP contribution >= 0.6 is 0 Å². The van der Waals surface area contributed by atoms with Gasteiger partial charge in [-0.1, -0.05) is 30.3 Å². The van der Waals surface area contributed by atoms with Crippen molar-refractivity contribution >= 4 is 0 Å². The van der Waals surface area contributed by atoms with Crippen molar-refractivity contribution in [3.8, 4) is 5.75 Å². The fraction of sp³-hybridized carbons (Fsp3) is 0.368. The summed E-state index contributed by atoms with van der Waals surface area (Å²) in [7, 11) is 0. The Hall–Kier alpha value is -1.88. The molecule has 0 amide bonds. The highest BCUT2D eigenvalue weighted by Crippen LogP contribution is 2.31. The third-order valence-electron chi connectivity index (χ3n) is 4.19. The summed E-state index contributed by atoms with van der Waals surface area (Å²) in [6.45, 7) is 4.97. The number of rotatable bonds is 4. The van der Waals surface area contributed by atoms with Crippen molar-refractivity contribution in [2.75, 3.05) is 6.61 Å². The molecule has 2 N–H and O–H groups in total. The third-order valence-corrected chi connectivity index (χ3v) is 4.19. The summed E-state index contributed by atoms with van der Waals surface area (Å²) in [5.74, 6) is -0.532. The molecule has 0 bridgehead atoms. The van der Waals surface area contributed by atoms with E-state index in [9.17, 15) is 5.11 Å². The Morgan fingerprint density at radius 2 is 1.83 bits per heavy atom. The van der Waals surface area contributed by atoms with Gasteiger partial charge < -0.3 is 19.9 Å².